The molecule has 20 aliphatic rings. The first-order valence-corrected chi connectivity index (χ1v) is 46.1. The average molecular weight is 1510 g/mol. The number of likely N-dealkylation sites (tertiary alicyclic amines) is 10. The van der Waals surface area contributed by atoms with Crippen molar-refractivity contribution in [1.29, 1.82) is 0 Å². The predicted molar refractivity (Wildman–Crippen MR) is 456 cm³/mol. The molecule has 0 amide bonds. The van der Waals surface area contributed by atoms with Crippen LogP contribution in [-0.4, -0.2) is 378 Å². The van der Waals surface area contributed by atoms with E-state index < -0.39 is 0 Å². The van der Waals surface area contributed by atoms with Gasteiger partial charge < -0.3 is 95.9 Å². The summed E-state index contributed by atoms with van der Waals surface area (Å²) in [6, 6.07) is 0. The Kier molecular flexibility index (Phi) is 33.9. The van der Waals surface area contributed by atoms with Gasteiger partial charge in [0, 0.05) is 96.2 Å². The van der Waals surface area contributed by atoms with Crippen LogP contribution in [0, 0.1) is 43.3 Å². The zero-order valence-corrected chi connectivity index (χ0v) is 72.9. The summed E-state index contributed by atoms with van der Waals surface area (Å²) in [6.07, 6.45) is 45.4. The molecule has 0 radical (unpaired) electrons. The molecule has 18 aliphatic heterocycles. The number of piperazine rings is 1. The van der Waals surface area contributed by atoms with Gasteiger partial charge in [-0.2, -0.15) is 0 Å². The first kappa shape index (κ1) is 88.1. The van der Waals surface area contributed by atoms with Crippen molar-refractivity contribution in [3.63, 3.8) is 0 Å². The average Bonchev–Trinajstić information content (AvgIpc) is 1.70. The number of nitrogens with zero attached hydrogens (tertiary/aromatic N) is 11. The molecule has 19 heteroatoms. The Labute approximate surface area is 665 Å². The molecule has 19 nitrogen and oxygen atoms in total. The minimum absolute atomic E-state index is 0.562. The lowest BCUT2D eigenvalue weighted by Gasteiger charge is -2.52. The van der Waals surface area contributed by atoms with Gasteiger partial charge in [0.1, 0.15) is 0 Å². The SMILES string of the molecule is CN1CCC2(CC1)CN(C)C2.CN1CCC2(CC1)CNC2.CN1CCC2(CCCN2)CC1.CN1CCC2(CCCOC2)CC1.CN1CCC2(CCNC2)C1.CN1CCC2(CCNC2)CC1.CN1CCC2(CCNCC2)C1.CN1CCC2(CCNCC2)CC1.CN1CCCC2(CCCC2)C1.CN1CCNC2(CC2)C1. The lowest BCUT2D eigenvalue weighted by molar-refractivity contribution is -0.0391. The van der Waals surface area contributed by atoms with Crippen LogP contribution in [0.3, 0.4) is 0 Å². The van der Waals surface area contributed by atoms with Crippen LogP contribution in [0.2, 0.25) is 0 Å². The van der Waals surface area contributed by atoms with Gasteiger partial charge in [-0.05, 0) is 457 Å². The molecule has 18 saturated heterocycles. The molecule has 2 aliphatic carbocycles. The van der Waals surface area contributed by atoms with Crippen LogP contribution in [0.5, 0.6) is 0 Å². The van der Waals surface area contributed by atoms with E-state index in [4.69, 9.17) is 4.74 Å². The Balaban J connectivity index is 0.000000119. The fourth-order valence-electron chi connectivity index (χ4n) is 23.5. The maximum atomic E-state index is 5.58. The minimum atomic E-state index is 0.562. The lowest BCUT2D eigenvalue weighted by Crippen LogP contribution is -2.58. The quantitative estimate of drug-likeness (QED) is 0.125. The fraction of sp³-hybridized carbons (Fsp3) is 1.00. The van der Waals surface area contributed by atoms with Crippen molar-refractivity contribution in [2.75, 3.05) is 313 Å². The highest BCUT2D eigenvalue weighted by Gasteiger charge is 2.47. The minimum Gasteiger partial charge on any atom is -0.381 e. The molecule has 2 saturated carbocycles. The normalized spacial score (nSPS) is 32.5. The highest BCUT2D eigenvalue weighted by atomic mass is 16.5. The van der Waals surface area contributed by atoms with Crippen molar-refractivity contribution in [1.82, 2.24) is 91.1 Å². The van der Waals surface area contributed by atoms with E-state index >= 15 is 0 Å². The van der Waals surface area contributed by atoms with E-state index in [0.29, 0.717) is 32.7 Å². The van der Waals surface area contributed by atoms with Gasteiger partial charge in [0.25, 0.3) is 0 Å². The number of piperidine rings is 9. The van der Waals surface area contributed by atoms with Gasteiger partial charge >= 0.3 is 0 Å². The molecule has 0 aromatic heterocycles. The summed E-state index contributed by atoms with van der Waals surface area (Å²) in [5, 5.41) is 24.4. The van der Waals surface area contributed by atoms with Crippen LogP contribution in [-0.2, 0) is 4.74 Å². The number of hydrogen-bond acceptors (Lipinski definition) is 19. The summed E-state index contributed by atoms with van der Waals surface area (Å²) >= 11 is 0. The van der Waals surface area contributed by atoms with Crippen LogP contribution >= 0.6 is 0 Å². The van der Waals surface area contributed by atoms with E-state index in [0.717, 1.165) is 34.9 Å². The van der Waals surface area contributed by atoms with E-state index in [-0.39, 0.29) is 0 Å². The Morgan fingerprint density at radius 2 is 0.546 bits per heavy atom. The van der Waals surface area contributed by atoms with Gasteiger partial charge in [0.2, 0.25) is 0 Å². The Bertz CT molecular complexity index is 2370. The fourth-order valence-corrected chi connectivity index (χ4v) is 23.5. The van der Waals surface area contributed by atoms with Gasteiger partial charge in [-0.1, -0.05) is 12.8 Å². The molecular weight excluding hydrogens is 1340 g/mol. The van der Waals surface area contributed by atoms with Crippen LogP contribution in [0.25, 0.3) is 0 Å². The third-order valence-electron chi connectivity index (χ3n) is 32.3. The predicted octanol–water partition coefficient (Wildman–Crippen LogP) is 8.38. The van der Waals surface area contributed by atoms with Gasteiger partial charge in [-0.25, -0.2) is 0 Å². The molecular formula is C89H176N18O. The summed E-state index contributed by atoms with van der Waals surface area (Å²) in [6.45, 7) is 45.9. The molecule has 0 aromatic rings. The second-order valence-corrected chi connectivity index (χ2v) is 41.9. The van der Waals surface area contributed by atoms with Crippen LogP contribution in [0.4, 0.5) is 0 Å². The van der Waals surface area contributed by atoms with Crippen molar-refractivity contribution >= 4 is 0 Å². The highest BCUT2D eigenvalue weighted by molar-refractivity contribution is 5.06. The molecule has 20 rings (SSSR count). The lowest BCUT2D eigenvalue weighted by atomic mass is 9.72. The summed E-state index contributed by atoms with van der Waals surface area (Å²) in [5.74, 6) is 0. The van der Waals surface area contributed by atoms with E-state index in [2.05, 4.69) is 169 Å². The number of hydrogen-bond donors (Lipinski definition) is 7. The number of nitrogens with one attached hydrogen (secondary N) is 7. The topological polar surface area (TPSA) is 129 Å². The Morgan fingerprint density at radius 1 is 0.194 bits per heavy atom. The van der Waals surface area contributed by atoms with Crippen molar-refractivity contribution < 1.29 is 4.74 Å². The van der Waals surface area contributed by atoms with Gasteiger partial charge in [-0.15, -0.1) is 0 Å². The number of likely N-dealkylation sites (N-methyl/N-ethyl adjacent to an activating group) is 1. The summed E-state index contributed by atoms with van der Waals surface area (Å²) in [7, 11) is 24.6. The number of rotatable bonds is 0. The summed E-state index contributed by atoms with van der Waals surface area (Å²) in [4.78, 5) is 27.0. The molecule has 18 heterocycles. The van der Waals surface area contributed by atoms with Crippen LogP contribution in [0.15, 0.2) is 0 Å². The molecule has 7 N–H and O–H groups in total. The Morgan fingerprint density at radius 3 is 0.944 bits per heavy atom. The maximum Gasteiger partial charge on any atom is 0.0523 e. The molecule has 0 bridgehead atoms. The Hall–Kier alpha value is -0.760. The molecule has 1 atom stereocenters. The highest BCUT2D eigenvalue weighted by Crippen LogP contribution is 2.46. The first-order valence-electron chi connectivity index (χ1n) is 46.1. The molecule has 0 aromatic carbocycles. The second kappa shape index (κ2) is 41.6. The van der Waals surface area contributed by atoms with Crippen LogP contribution in [0.1, 0.15) is 205 Å². The van der Waals surface area contributed by atoms with E-state index in [1.54, 1.807) is 0 Å². The van der Waals surface area contributed by atoms with Crippen molar-refractivity contribution in [2.24, 2.45) is 43.3 Å². The third-order valence-corrected chi connectivity index (χ3v) is 32.3. The van der Waals surface area contributed by atoms with Gasteiger partial charge in [0.15, 0.2) is 0 Å². The molecule has 628 valence electrons. The van der Waals surface area contributed by atoms with E-state index in [1.165, 1.54) is 428 Å². The molecule has 10 spiro atoms. The summed E-state index contributed by atoms with van der Waals surface area (Å²) < 4.78 is 5.58. The van der Waals surface area contributed by atoms with Gasteiger partial charge in [0.05, 0.1) is 6.61 Å². The van der Waals surface area contributed by atoms with E-state index in [9.17, 15) is 0 Å². The number of ether oxygens (including phenoxy) is 1. The first-order chi connectivity index (χ1) is 52.0. The van der Waals surface area contributed by atoms with Crippen LogP contribution < -0.4 is 37.2 Å². The maximum absolute atomic E-state index is 5.58. The molecule has 1 unspecified atom stereocenters. The second-order valence-electron chi connectivity index (χ2n) is 41.9. The third kappa shape index (κ3) is 26.9. The standard InChI is InChI=1S/C10H20N2.C10H19NO.C10H19N.4C9H18N2.2C8H16N2.C7H14N2/c1-12-8-4-10(5-9-12)2-6-11-7-3-10;1-11-6-4-10(5-7-11)3-2-8-12-9-10;1-11-8-4-7-10(9-11)5-2-3-6-10;1-10-5-3-9(4-6-10)7-11(2)8-9;1-11-6-3-9(4-7-11)2-5-10-8-9;1-11-7-4-9(8-11)2-5-10-6-3-9;1-11-7-4-9(5-8-11)3-2-6-10-9;1-10-4-2-8(3-5-10)6-9-7-8;1-10-5-3-8(7-10)2-4-9-6-8;1-9-5-4-8-7(6-9)2-3-7/h11H,2-9H2,1H3;2-9H2,1H3;2-9H2,1H3;3-8H2,1-2H3;3*10H,2-8H2,1H3;2*9H,2-7H2,1H3;8H,2-6H2,1H3. The summed E-state index contributed by atoms with van der Waals surface area (Å²) in [5.41, 5.74) is 6.77. The molecule has 20 fully saturated rings. The molecule has 108 heavy (non-hydrogen) atoms. The van der Waals surface area contributed by atoms with Crippen molar-refractivity contribution in [3.05, 3.63) is 0 Å². The zero-order valence-electron chi connectivity index (χ0n) is 72.9. The zero-order chi connectivity index (χ0) is 76.1. The monoisotopic (exact) mass is 1510 g/mol. The smallest absolute Gasteiger partial charge is 0.0523 e. The van der Waals surface area contributed by atoms with Gasteiger partial charge in [-0.3, -0.25) is 0 Å². The van der Waals surface area contributed by atoms with Crippen molar-refractivity contribution in [3.8, 4) is 0 Å². The largest absolute Gasteiger partial charge is 0.381 e. The van der Waals surface area contributed by atoms with E-state index in [1.807, 2.05) is 0 Å². The van der Waals surface area contributed by atoms with Crippen molar-refractivity contribution in [2.45, 2.75) is 217 Å².